The van der Waals surface area contributed by atoms with Gasteiger partial charge in [0.15, 0.2) is 17.5 Å². The lowest BCUT2D eigenvalue weighted by atomic mass is 10.1. The van der Waals surface area contributed by atoms with Gasteiger partial charge in [0.25, 0.3) is 5.91 Å². The number of fused-ring (bicyclic) bond motifs is 1. The van der Waals surface area contributed by atoms with Crippen molar-refractivity contribution in [3.05, 3.63) is 30.1 Å². The fourth-order valence-corrected chi connectivity index (χ4v) is 2.93. The maximum Gasteiger partial charge on any atom is 0.262 e. The number of hydrogen-bond donors (Lipinski definition) is 1. The van der Waals surface area contributed by atoms with E-state index in [4.69, 9.17) is 4.74 Å². The molecule has 0 bridgehead atoms. The quantitative estimate of drug-likeness (QED) is 0.679. The molecule has 1 aliphatic rings. The molecular formula is C14H14N4O3S. The summed E-state index contributed by atoms with van der Waals surface area (Å²) in [5.74, 6) is 0.305. The molecule has 1 atom stereocenters. The van der Waals surface area contributed by atoms with Crippen molar-refractivity contribution in [3.8, 4) is 5.75 Å². The number of carbonyl (C=O) groups excluding carboxylic acids is 2. The van der Waals surface area contributed by atoms with Gasteiger partial charge in [0, 0.05) is 12.6 Å². The second-order valence-electron chi connectivity index (χ2n) is 4.90. The molecule has 1 amide bonds. The van der Waals surface area contributed by atoms with Crippen molar-refractivity contribution >= 4 is 29.1 Å². The van der Waals surface area contributed by atoms with E-state index in [-0.39, 0.29) is 23.5 Å². The highest BCUT2D eigenvalue weighted by Gasteiger charge is 2.22. The Hall–Kier alpha value is -2.35. The lowest BCUT2D eigenvalue weighted by Crippen LogP contribution is -2.25. The molecular weight excluding hydrogens is 304 g/mol. The fourth-order valence-electron chi connectivity index (χ4n) is 2.06. The number of nitrogens with one attached hydrogen (secondary N) is 1. The number of Topliss-reactive ketones (excluding diaryl/α,β-unsaturated/α-hetero) is 1. The number of ketones is 1. The molecule has 8 heteroatoms. The summed E-state index contributed by atoms with van der Waals surface area (Å²) < 4.78 is 7.04. The number of aromatic nitrogens is 3. The molecule has 3 rings (SSSR count). The molecule has 0 fully saturated rings. The van der Waals surface area contributed by atoms with E-state index >= 15 is 0 Å². The van der Waals surface area contributed by atoms with E-state index in [2.05, 4.69) is 15.5 Å². The van der Waals surface area contributed by atoms with Crippen LogP contribution in [0.5, 0.6) is 5.75 Å². The van der Waals surface area contributed by atoms with Gasteiger partial charge in [0.1, 0.15) is 12.1 Å². The zero-order valence-corrected chi connectivity index (χ0v) is 12.9. The Kier molecular flexibility index (Phi) is 3.84. The second kappa shape index (κ2) is 5.80. The Morgan fingerprint density at radius 3 is 3.05 bits per heavy atom. The molecule has 2 heterocycles. The maximum absolute atomic E-state index is 12.5. The molecule has 0 saturated carbocycles. The first-order valence-electron chi connectivity index (χ1n) is 6.66. The number of carbonyl (C=O) groups is 2. The summed E-state index contributed by atoms with van der Waals surface area (Å²) in [5, 5.41) is 10.8. The second-order valence-corrected chi connectivity index (χ2v) is 6.20. The van der Waals surface area contributed by atoms with E-state index in [0.717, 1.165) is 0 Å². The predicted octanol–water partition coefficient (Wildman–Crippen LogP) is 1.51. The Bertz CT molecular complexity index is 743. The van der Waals surface area contributed by atoms with Crippen LogP contribution in [0.4, 0.5) is 5.69 Å². The van der Waals surface area contributed by atoms with E-state index in [9.17, 15) is 9.59 Å². The average Bonchev–Trinajstić information content (AvgIpc) is 2.90. The van der Waals surface area contributed by atoms with Crippen LogP contribution >= 0.6 is 11.8 Å². The minimum Gasteiger partial charge on any atom is -0.482 e. The highest BCUT2D eigenvalue weighted by molar-refractivity contribution is 8.00. The van der Waals surface area contributed by atoms with Gasteiger partial charge in [-0.15, -0.1) is 10.2 Å². The maximum atomic E-state index is 12.5. The van der Waals surface area contributed by atoms with Crippen LogP contribution in [0.1, 0.15) is 17.3 Å². The highest BCUT2D eigenvalue weighted by atomic mass is 32.2. The Morgan fingerprint density at radius 2 is 2.32 bits per heavy atom. The van der Waals surface area contributed by atoms with Gasteiger partial charge in [-0.1, -0.05) is 11.8 Å². The van der Waals surface area contributed by atoms with Gasteiger partial charge in [0.05, 0.1) is 10.9 Å². The largest absolute Gasteiger partial charge is 0.482 e. The SMILES string of the molecule is C[C@@H](Sc1nncn1C)C(=O)c1ccc2c(c1)NC(=O)CO2. The molecule has 22 heavy (non-hydrogen) atoms. The third-order valence-corrected chi connectivity index (χ3v) is 4.37. The van der Waals surface area contributed by atoms with Gasteiger partial charge >= 0.3 is 0 Å². The summed E-state index contributed by atoms with van der Waals surface area (Å²) in [6.45, 7) is 1.81. The average molecular weight is 318 g/mol. The first-order valence-corrected chi connectivity index (χ1v) is 7.54. The number of rotatable bonds is 4. The zero-order valence-electron chi connectivity index (χ0n) is 12.1. The smallest absolute Gasteiger partial charge is 0.262 e. The van der Waals surface area contributed by atoms with Crippen LogP contribution in [0, 0.1) is 0 Å². The van der Waals surface area contributed by atoms with Crippen molar-refractivity contribution in [2.45, 2.75) is 17.3 Å². The van der Waals surface area contributed by atoms with Crippen LogP contribution < -0.4 is 10.1 Å². The molecule has 1 aromatic carbocycles. The van der Waals surface area contributed by atoms with Crippen LogP contribution in [0.15, 0.2) is 29.7 Å². The standard InChI is InChI=1S/C14H14N4O3S/c1-8(22-14-17-15-7-18(14)2)13(20)9-3-4-11-10(5-9)16-12(19)6-21-11/h3-5,7-8H,6H2,1-2H3,(H,16,19)/t8-/m1/s1. The number of anilines is 1. The molecule has 0 spiro atoms. The van der Waals surface area contributed by atoms with Crippen LogP contribution in [0.25, 0.3) is 0 Å². The van der Waals surface area contributed by atoms with Crippen molar-refractivity contribution in [1.29, 1.82) is 0 Å². The minimum atomic E-state index is -0.318. The molecule has 0 radical (unpaired) electrons. The molecule has 7 nitrogen and oxygen atoms in total. The minimum absolute atomic E-state index is 0.00128. The number of nitrogens with zero attached hydrogens (tertiary/aromatic N) is 3. The molecule has 1 aliphatic heterocycles. The summed E-state index contributed by atoms with van der Waals surface area (Å²) in [4.78, 5) is 23.9. The molecule has 0 saturated heterocycles. The number of benzene rings is 1. The summed E-state index contributed by atoms with van der Waals surface area (Å²) in [6.07, 6.45) is 1.59. The normalized spacial score (nSPS) is 14.7. The third-order valence-electron chi connectivity index (χ3n) is 3.22. The Labute approximate surface area is 131 Å². The van der Waals surface area contributed by atoms with E-state index in [1.54, 1.807) is 29.1 Å². The molecule has 2 aromatic rings. The van der Waals surface area contributed by atoms with Gasteiger partial charge in [-0.05, 0) is 25.1 Å². The van der Waals surface area contributed by atoms with Crippen molar-refractivity contribution < 1.29 is 14.3 Å². The van der Waals surface area contributed by atoms with Gasteiger partial charge in [0.2, 0.25) is 0 Å². The van der Waals surface area contributed by atoms with Gasteiger partial charge < -0.3 is 14.6 Å². The summed E-state index contributed by atoms with van der Waals surface area (Å²) in [7, 11) is 1.82. The van der Waals surface area contributed by atoms with Crippen molar-refractivity contribution in [2.75, 3.05) is 11.9 Å². The number of thioether (sulfide) groups is 1. The van der Waals surface area contributed by atoms with Gasteiger partial charge in [-0.2, -0.15) is 0 Å². The molecule has 114 valence electrons. The lowest BCUT2D eigenvalue weighted by Gasteiger charge is -2.18. The van der Waals surface area contributed by atoms with E-state index in [0.29, 0.717) is 22.2 Å². The number of amides is 1. The molecule has 0 aliphatic carbocycles. The summed E-state index contributed by atoms with van der Waals surface area (Å²) >= 11 is 1.34. The Morgan fingerprint density at radius 1 is 1.50 bits per heavy atom. The first kappa shape index (κ1) is 14.6. The van der Waals surface area contributed by atoms with Crippen LogP contribution in [0.2, 0.25) is 0 Å². The predicted molar refractivity (Wildman–Crippen MR) is 81.2 cm³/mol. The molecule has 1 N–H and O–H groups in total. The van der Waals surface area contributed by atoms with E-state index < -0.39 is 0 Å². The number of ether oxygens (including phenoxy) is 1. The number of hydrogen-bond acceptors (Lipinski definition) is 6. The van der Waals surface area contributed by atoms with Crippen LogP contribution in [-0.2, 0) is 11.8 Å². The van der Waals surface area contributed by atoms with Gasteiger partial charge in [-0.25, -0.2) is 0 Å². The third kappa shape index (κ3) is 2.82. The fraction of sp³-hybridized carbons (Fsp3) is 0.286. The number of aryl methyl sites for hydroxylation is 1. The Balaban J connectivity index is 1.78. The summed E-state index contributed by atoms with van der Waals surface area (Å²) in [5.41, 5.74) is 1.05. The van der Waals surface area contributed by atoms with Crippen LogP contribution in [-0.4, -0.2) is 38.3 Å². The lowest BCUT2D eigenvalue weighted by molar-refractivity contribution is -0.118. The first-order chi connectivity index (χ1) is 10.5. The zero-order chi connectivity index (χ0) is 15.7. The van der Waals surface area contributed by atoms with Crippen molar-refractivity contribution in [3.63, 3.8) is 0 Å². The molecule has 0 unspecified atom stereocenters. The topological polar surface area (TPSA) is 86.1 Å². The van der Waals surface area contributed by atoms with Crippen LogP contribution in [0.3, 0.4) is 0 Å². The van der Waals surface area contributed by atoms with E-state index in [1.807, 2.05) is 14.0 Å². The summed E-state index contributed by atoms with van der Waals surface area (Å²) in [6, 6.07) is 5.04. The highest BCUT2D eigenvalue weighted by Crippen LogP contribution is 2.30. The van der Waals surface area contributed by atoms with Crippen molar-refractivity contribution in [1.82, 2.24) is 14.8 Å². The van der Waals surface area contributed by atoms with Crippen molar-refractivity contribution in [2.24, 2.45) is 7.05 Å². The van der Waals surface area contributed by atoms with Gasteiger partial charge in [-0.3, -0.25) is 9.59 Å². The van der Waals surface area contributed by atoms with E-state index in [1.165, 1.54) is 11.8 Å². The monoisotopic (exact) mass is 318 g/mol. The molecule has 1 aromatic heterocycles.